The largest absolute Gasteiger partial charge is 0.396 e. The zero-order chi connectivity index (χ0) is 9.80. The molecule has 0 bridgehead atoms. The molecule has 2 aromatic rings. The van der Waals surface area contributed by atoms with Crippen molar-refractivity contribution in [2.45, 2.75) is 6.42 Å². The van der Waals surface area contributed by atoms with Gasteiger partial charge in [0.2, 0.25) is 0 Å². The van der Waals surface area contributed by atoms with E-state index in [2.05, 4.69) is 20.5 Å². The third-order valence-electron chi connectivity index (χ3n) is 1.79. The van der Waals surface area contributed by atoms with Crippen LogP contribution in [0, 0.1) is 0 Å². The Morgan fingerprint density at radius 3 is 3.21 bits per heavy atom. The van der Waals surface area contributed by atoms with Gasteiger partial charge >= 0.3 is 0 Å². The minimum atomic E-state index is 0.179. The smallest absolute Gasteiger partial charge is 0.176 e. The summed E-state index contributed by atoms with van der Waals surface area (Å²) in [5.74, 6) is 0.733. The first-order valence-corrected chi connectivity index (χ1v) is 4.42. The monoisotopic (exact) mass is 193 g/mol. The first kappa shape index (κ1) is 8.89. The van der Waals surface area contributed by atoms with Crippen LogP contribution in [0.3, 0.4) is 0 Å². The van der Waals surface area contributed by atoms with Crippen LogP contribution in [-0.4, -0.2) is 38.1 Å². The van der Waals surface area contributed by atoms with Crippen LogP contribution in [0.25, 0.3) is 5.65 Å². The van der Waals surface area contributed by atoms with E-state index >= 15 is 0 Å². The average Bonchev–Trinajstić information content (AvgIpc) is 2.65. The van der Waals surface area contributed by atoms with Crippen molar-refractivity contribution in [3.63, 3.8) is 0 Å². The van der Waals surface area contributed by atoms with Gasteiger partial charge in [0.1, 0.15) is 12.1 Å². The van der Waals surface area contributed by atoms with Gasteiger partial charge in [0, 0.05) is 13.2 Å². The number of aliphatic hydroxyl groups is 1. The minimum Gasteiger partial charge on any atom is -0.396 e. The van der Waals surface area contributed by atoms with Gasteiger partial charge in [-0.2, -0.15) is 0 Å². The molecule has 0 aliphatic carbocycles. The fourth-order valence-corrected chi connectivity index (χ4v) is 1.11. The predicted molar refractivity (Wildman–Crippen MR) is 51.0 cm³/mol. The standard InChI is InChI=1S/C8H11N5O/c14-5-1-4-9-7-2-3-8-10-6-11-13(8)12-7/h2-3,6,14H,1,4-5H2,(H,9,12). The number of nitrogens with one attached hydrogen (secondary N) is 1. The molecule has 2 N–H and O–H groups in total. The number of anilines is 1. The molecule has 0 aliphatic heterocycles. The molecule has 0 fully saturated rings. The number of aliphatic hydroxyl groups excluding tert-OH is 1. The molecule has 0 aliphatic rings. The maximum Gasteiger partial charge on any atom is 0.176 e. The number of rotatable bonds is 4. The molecule has 74 valence electrons. The summed E-state index contributed by atoms with van der Waals surface area (Å²) in [5.41, 5.74) is 0.720. The average molecular weight is 193 g/mol. The summed E-state index contributed by atoms with van der Waals surface area (Å²) in [6.45, 7) is 0.877. The number of aromatic nitrogens is 4. The van der Waals surface area contributed by atoms with E-state index in [1.54, 1.807) is 0 Å². The van der Waals surface area contributed by atoms with E-state index < -0.39 is 0 Å². The summed E-state index contributed by atoms with van der Waals surface area (Å²) in [7, 11) is 0. The van der Waals surface area contributed by atoms with Crippen molar-refractivity contribution in [2.24, 2.45) is 0 Å². The lowest BCUT2D eigenvalue weighted by Gasteiger charge is -2.02. The first-order chi connectivity index (χ1) is 6.90. The van der Waals surface area contributed by atoms with Crippen LogP contribution in [0.5, 0.6) is 0 Å². The van der Waals surface area contributed by atoms with Gasteiger partial charge in [0.05, 0.1) is 0 Å². The number of hydrogen-bond acceptors (Lipinski definition) is 5. The highest BCUT2D eigenvalue weighted by Crippen LogP contribution is 2.03. The summed E-state index contributed by atoms with van der Waals surface area (Å²) in [6, 6.07) is 3.67. The highest BCUT2D eigenvalue weighted by molar-refractivity contribution is 5.42. The summed E-state index contributed by atoms with van der Waals surface area (Å²) < 4.78 is 1.46. The Kier molecular flexibility index (Phi) is 2.55. The number of fused-ring (bicyclic) bond motifs is 1. The summed E-state index contributed by atoms with van der Waals surface area (Å²) in [5, 5.41) is 19.7. The molecule has 0 unspecified atom stereocenters. The minimum absolute atomic E-state index is 0.179. The topological polar surface area (TPSA) is 75.3 Å². The van der Waals surface area contributed by atoms with Crippen molar-refractivity contribution in [3.8, 4) is 0 Å². The molecule has 2 rings (SSSR count). The Balaban J connectivity index is 2.10. The van der Waals surface area contributed by atoms with E-state index in [-0.39, 0.29) is 6.61 Å². The lowest BCUT2D eigenvalue weighted by atomic mass is 10.4. The predicted octanol–water partition coefficient (Wildman–Crippen LogP) is -0.0814. The Hall–Kier alpha value is -1.69. The lowest BCUT2D eigenvalue weighted by molar-refractivity contribution is 0.292. The van der Waals surface area contributed by atoms with Crippen molar-refractivity contribution in [2.75, 3.05) is 18.5 Å². The molecule has 0 atom stereocenters. The summed E-state index contributed by atoms with van der Waals surface area (Å²) >= 11 is 0. The zero-order valence-corrected chi connectivity index (χ0v) is 7.59. The van der Waals surface area contributed by atoms with Crippen molar-refractivity contribution in [1.82, 2.24) is 19.8 Å². The van der Waals surface area contributed by atoms with Crippen LogP contribution in [0.4, 0.5) is 5.82 Å². The van der Waals surface area contributed by atoms with E-state index in [0.29, 0.717) is 13.0 Å². The molecular weight excluding hydrogens is 182 g/mol. The van der Waals surface area contributed by atoms with E-state index in [1.165, 1.54) is 11.0 Å². The fraction of sp³-hybridized carbons (Fsp3) is 0.375. The third-order valence-corrected chi connectivity index (χ3v) is 1.79. The molecule has 6 heteroatoms. The molecule has 2 heterocycles. The normalized spacial score (nSPS) is 10.6. The second-order valence-corrected chi connectivity index (χ2v) is 2.83. The van der Waals surface area contributed by atoms with Crippen LogP contribution < -0.4 is 5.32 Å². The molecule has 6 nitrogen and oxygen atoms in total. The van der Waals surface area contributed by atoms with E-state index in [0.717, 1.165) is 11.5 Å². The molecule has 0 amide bonds. The molecule has 0 radical (unpaired) electrons. The van der Waals surface area contributed by atoms with Gasteiger partial charge in [-0.05, 0) is 18.6 Å². The highest BCUT2D eigenvalue weighted by atomic mass is 16.3. The maximum absolute atomic E-state index is 8.60. The molecule has 2 aromatic heterocycles. The van der Waals surface area contributed by atoms with Crippen molar-refractivity contribution in [3.05, 3.63) is 18.5 Å². The second kappa shape index (κ2) is 4.01. The van der Waals surface area contributed by atoms with Gasteiger partial charge in [-0.15, -0.1) is 14.8 Å². The summed E-state index contributed by atoms with van der Waals surface area (Å²) in [4.78, 5) is 3.98. The maximum atomic E-state index is 8.60. The van der Waals surface area contributed by atoms with Crippen LogP contribution in [0.15, 0.2) is 18.5 Å². The van der Waals surface area contributed by atoms with Gasteiger partial charge in [-0.1, -0.05) is 0 Å². The lowest BCUT2D eigenvalue weighted by Crippen LogP contribution is -2.07. The second-order valence-electron chi connectivity index (χ2n) is 2.83. The molecule has 0 saturated heterocycles. The van der Waals surface area contributed by atoms with Gasteiger partial charge in [-0.3, -0.25) is 0 Å². The third kappa shape index (κ3) is 1.80. The van der Waals surface area contributed by atoms with Gasteiger partial charge in [-0.25, -0.2) is 4.98 Å². The van der Waals surface area contributed by atoms with Crippen LogP contribution in [-0.2, 0) is 0 Å². The van der Waals surface area contributed by atoms with Crippen molar-refractivity contribution < 1.29 is 5.11 Å². The number of nitrogens with zero attached hydrogens (tertiary/aromatic N) is 4. The Labute approximate surface area is 80.6 Å². The van der Waals surface area contributed by atoms with E-state index in [4.69, 9.17) is 5.11 Å². The summed E-state index contributed by atoms with van der Waals surface area (Å²) in [6.07, 6.45) is 2.16. The number of hydrogen-bond donors (Lipinski definition) is 2. The molecule has 0 spiro atoms. The highest BCUT2D eigenvalue weighted by Gasteiger charge is 1.97. The Morgan fingerprint density at radius 2 is 2.36 bits per heavy atom. The van der Waals surface area contributed by atoms with Crippen LogP contribution in [0.2, 0.25) is 0 Å². The van der Waals surface area contributed by atoms with Crippen molar-refractivity contribution >= 4 is 11.5 Å². The van der Waals surface area contributed by atoms with Crippen LogP contribution in [0.1, 0.15) is 6.42 Å². The molecule has 0 saturated carbocycles. The fourth-order valence-electron chi connectivity index (χ4n) is 1.11. The quantitative estimate of drug-likeness (QED) is 0.664. The van der Waals surface area contributed by atoms with Gasteiger partial charge in [0.15, 0.2) is 5.65 Å². The zero-order valence-electron chi connectivity index (χ0n) is 7.59. The molecule has 14 heavy (non-hydrogen) atoms. The molecular formula is C8H11N5O. The Bertz CT molecular complexity index is 413. The Morgan fingerprint density at radius 1 is 1.43 bits per heavy atom. The van der Waals surface area contributed by atoms with Crippen LogP contribution >= 0.6 is 0 Å². The van der Waals surface area contributed by atoms with Crippen molar-refractivity contribution in [1.29, 1.82) is 0 Å². The van der Waals surface area contributed by atoms with Gasteiger partial charge in [0.25, 0.3) is 0 Å². The molecule has 0 aromatic carbocycles. The van der Waals surface area contributed by atoms with E-state index in [9.17, 15) is 0 Å². The SMILES string of the molecule is OCCCNc1ccc2ncnn2n1. The van der Waals surface area contributed by atoms with E-state index in [1.807, 2.05) is 12.1 Å². The first-order valence-electron chi connectivity index (χ1n) is 4.42. The van der Waals surface area contributed by atoms with Gasteiger partial charge < -0.3 is 10.4 Å².